The third-order valence-electron chi connectivity index (χ3n) is 1.39. The first-order valence-corrected chi connectivity index (χ1v) is 2.81. The SMILES string of the molecule is OC[C@H]1C[C@H](F)CN1. The number of hydrogen-bond acceptors (Lipinski definition) is 2. The fourth-order valence-electron chi connectivity index (χ4n) is 0.909. The van der Waals surface area contributed by atoms with Gasteiger partial charge < -0.3 is 10.4 Å². The van der Waals surface area contributed by atoms with Crippen molar-refractivity contribution >= 4 is 0 Å². The summed E-state index contributed by atoms with van der Waals surface area (Å²) in [6.45, 7) is 0.464. The highest BCUT2D eigenvalue weighted by Crippen LogP contribution is 2.08. The van der Waals surface area contributed by atoms with E-state index in [1.165, 1.54) is 0 Å². The van der Waals surface area contributed by atoms with Gasteiger partial charge in [-0.3, -0.25) is 0 Å². The van der Waals surface area contributed by atoms with E-state index < -0.39 is 6.17 Å². The van der Waals surface area contributed by atoms with Gasteiger partial charge in [-0.25, -0.2) is 4.39 Å². The Morgan fingerprint density at radius 2 is 2.50 bits per heavy atom. The predicted molar refractivity (Wildman–Crippen MR) is 28.4 cm³/mol. The van der Waals surface area contributed by atoms with Crippen molar-refractivity contribution in [1.29, 1.82) is 0 Å². The van der Waals surface area contributed by atoms with Crippen LogP contribution in [0.25, 0.3) is 0 Å². The molecular formula is C5H10FNO. The molecule has 0 aromatic carbocycles. The van der Waals surface area contributed by atoms with Crippen molar-refractivity contribution in [2.24, 2.45) is 0 Å². The van der Waals surface area contributed by atoms with Crippen molar-refractivity contribution in [3.05, 3.63) is 0 Å². The summed E-state index contributed by atoms with van der Waals surface area (Å²) < 4.78 is 12.2. The molecule has 1 rings (SSSR count). The van der Waals surface area contributed by atoms with Crippen LogP contribution in [0.2, 0.25) is 0 Å². The van der Waals surface area contributed by atoms with E-state index in [0.29, 0.717) is 13.0 Å². The monoisotopic (exact) mass is 119 g/mol. The molecule has 0 spiro atoms. The molecule has 0 saturated carbocycles. The van der Waals surface area contributed by atoms with E-state index in [0.717, 1.165) is 0 Å². The molecule has 1 saturated heterocycles. The second kappa shape index (κ2) is 2.42. The van der Waals surface area contributed by atoms with Gasteiger partial charge in [0.05, 0.1) is 6.61 Å². The van der Waals surface area contributed by atoms with Gasteiger partial charge in [-0.1, -0.05) is 0 Å². The van der Waals surface area contributed by atoms with E-state index in [2.05, 4.69) is 5.32 Å². The number of halogens is 1. The van der Waals surface area contributed by atoms with E-state index in [1.807, 2.05) is 0 Å². The Hall–Kier alpha value is -0.150. The van der Waals surface area contributed by atoms with Crippen LogP contribution < -0.4 is 5.32 Å². The fourth-order valence-corrected chi connectivity index (χ4v) is 0.909. The van der Waals surface area contributed by atoms with Crippen LogP contribution in [0.15, 0.2) is 0 Å². The number of aliphatic hydroxyl groups is 1. The van der Waals surface area contributed by atoms with Crippen LogP contribution in [-0.2, 0) is 0 Å². The smallest absolute Gasteiger partial charge is 0.114 e. The van der Waals surface area contributed by atoms with Gasteiger partial charge in [0.25, 0.3) is 0 Å². The first-order valence-electron chi connectivity index (χ1n) is 2.81. The Balaban J connectivity index is 2.22. The summed E-state index contributed by atoms with van der Waals surface area (Å²) in [5.74, 6) is 0. The minimum absolute atomic E-state index is 0.00463. The topological polar surface area (TPSA) is 32.3 Å². The van der Waals surface area contributed by atoms with Crippen molar-refractivity contribution in [3.63, 3.8) is 0 Å². The minimum Gasteiger partial charge on any atom is -0.395 e. The summed E-state index contributed by atoms with van der Waals surface area (Å²) in [5, 5.41) is 11.3. The molecule has 1 aliphatic rings. The molecule has 2 atom stereocenters. The van der Waals surface area contributed by atoms with Crippen LogP contribution in [0, 0.1) is 0 Å². The Kier molecular flexibility index (Phi) is 1.81. The lowest BCUT2D eigenvalue weighted by atomic mass is 10.2. The summed E-state index contributed by atoms with van der Waals surface area (Å²) in [4.78, 5) is 0. The van der Waals surface area contributed by atoms with Crippen molar-refractivity contribution in [2.75, 3.05) is 13.2 Å². The van der Waals surface area contributed by atoms with Gasteiger partial charge in [0, 0.05) is 12.6 Å². The van der Waals surface area contributed by atoms with Crippen LogP contribution in [0.4, 0.5) is 4.39 Å². The van der Waals surface area contributed by atoms with E-state index in [9.17, 15) is 4.39 Å². The summed E-state index contributed by atoms with van der Waals surface area (Å²) >= 11 is 0. The summed E-state index contributed by atoms with van der Waals surface area (Å²) in [7, 11) is 0. The average molecular weight is 119 g/mol. The van der Waals surface area contributed by atoms with E-state index in [4.69, 9.17) is 5.11 Å². The zero-order chi connectivity index (χ0) is 5.98. The van der Waals surface area contributed by atoms with Gasteiger partial charge in [0.2, 0.25) is 0 Å². The van der Waals surface area contributed by atoms with E-state index >= 15 is 0 Å². The highest BCUT2D eigenvalue weighted by atomic mass is 19.1. The van der Waals surface area contributed by atoms with Gasteiger partial charge in [-0.05, 0) is 6.42 Å². The highest BCUT2D eigenvalue weighted by molar-refractivity contribution is 4.80. The summed E-state index contributed by atoms with van der Waals surface area (Å²) in [5.41, 5.74) is 0. The Morgan fingerprint density at radius 3 is 2.75 bits per heavy atom. The van der Waals surface area contributed by atoms with Gasteiger partial charge >= 0.3 is 0 Å². The molecular weight excluding hydrogens is 109 g/mol. The molecule has 1 fully saturated rings. The Bertz CT molecular complexity index is 78.8. The lowest BCUT2D eigenvalue weighted by molar-refractivity contribution is 0.248. The zero-order valence-electron chi connectivity index (χ0n) is 4.60. The van der Waals surface area contributed by atoms with Crippen LogP contribution in [0.1, 0.15) is 6.42 Å². The number of hydrogen-bond donors (Lipinski definition) is 2. The molecule has 2 N–H and O–H groups in total. The van der Waals surface area contributed by atoms with Crippen LogP contribution in [0.5, 0.6) is 0 Å². The third kappa shape index (κ3) is 1.17. The Morgan fingerprint density at radius 1 is 1.75 bits per heavy atom. The van der Waals surface area contributed by atoms with Gasteiger partial charge in [0.1, 0.15) is 6.17 Å². The molecule has 48 valence electrons. The molecule has 0 aromatic rings. The lowest BCUT2D eigenvalue weighted by Gasteiger charge is -2.01. The molecule has 0 aliphatic carbocycles. The van der Waals surface area contributed by atoms with Gasteiger partial charge in [-0.2, -0.15) is 0 Å². The number of rotatable bonds is 1. The molecule has 0 bridgehead atoms. The lowest BCUT2D eigenvalue weighted by Crippen LogP contribution is -2.24. The number of nitrogens with one attached hydrogen (secondary N) is 1. The standard InChI is InChI=1S/C5H10FNO/c6-4-1-5(3-8)7-2-4/h4-5,7-8H,1-3H2/t4-,5+/m0/s1. The molecule has 8 heavy (non-hydrogen) atoms. The maximum absolute atomic E-state index is 12.2. The highest BCUT2D eigenvalue weighted by Gasteiger charge is 2.21. The van der Waals surface area contributed by atoms with E-state index in [-0.39, 0.29) is 12.6 Å². The molecule has 1 heterocycles. The maximum Gasteiger partial charge on any atom is 0.114 e. The molecule has 0 amide bonds. The Labute approximate surface area is 47.7 Å². The second-order valence-corrected chi connectivity index (χ2v) is 2.12. The van der Waals surface area contributed by atoms with Crippen LogP contribution in [-0.4, -0.2) is 30.5 Å². The van der Waals surface area contributed by atoms with Gasteiger partial charge in [0.15, 0.2) is 0 Å². The predicted octanol–water partition coefficient (Wildman–Crippen LogP) is -0.321. The molecule has 3 heteroatoms. The maximum atomic E-state index is 12.2. The molecule has 0 aromatic heterocycles. The first kappa shape index (κ1) is 5.98. The van der Waals surface area contributed by atoms with Gasteiger partial charge in [-0.15, -0.1) is 0 Å². The molecule has 0 radical (unpaired) electrons. The van der Waals surface area contributed by atoms with Crippen molar-refractivity contribution in [3.8, 4) is 0 Å². The molecule has 0 unspecified atom stereocenters. The van der Waals surface area contributed by atoms with E-state index in [1.54, 1.807) is 0 Å². The number of alkyl halides is 1. The van der Waals surface area contributed by atoms with Crippen LogP contribution >= 0.6 is 0 Å². The molecule has 1 aliphatic heterocycles. The summed E-state index contributed by atoms with van der Waals surface area (Å²) in [6.07, 6.45) is -0.275. The quantitative estimate of drug-likeness (QED) is 0.495. The zero-order valence-corrected chi connectivity index (χ0v) is 4.60. The fraction of sp³-hybridized carbons (Fsp3) is 1.00. The third-order valence-corrected chi connectivity index (χ3v) is 1.39. The number of aliphatic hydroxyl groups excluding tert-OH is 1. The average Bonchev–Trinajstić information content (AvgIpc) is 2.14. The van der Waals surface area contributed by atoms with Crippen molar-refractivity contribution in [2.45, 2.75) is 18.6 Å². The van der Waals surface area contributed by atoms with Crippen molar-refractivity contribution < 1.29 is 9.50 Å². The largest absolute Gasteiger partial charge is 0.395 e. The first-order chi connectivity index (χ1) is 3.83. The minimum atomic E-state index is -0.743. The van der Waals surface area contributed by atoms with Crippen molar-refractivity contribution in [1.82, 2.24) is 5.32 Å². The summed E-state index contributed by atoms with van der Waals surface area (Å²) in [6, 6.07) is 0.00463. The molecule has 2 nitrogen and oxygen atoms in total. The van der Waals surface area contributed by atoms with Crippen LogP contribution in [0.3, 0.4) is 0 Å². The normalized spacial score (nSPS) is 38.2. The second-order valence-electron chi connectivity index (χ2n) is 2.12.